The fourth-order valence-electron chi connectivity index (χ4n) is 3.50. The van der Waals surface area contributed by atoms with Crippen LogP contribution in [0.5, 0.6) is 0 Å². The van der Waals surface area contributed by atoms with Gasteiger partial charge in [-0.1, -0.05) is 48.5 Å². The minimum absolute atomic E-state index is 0.318. The van der Waals surface area contributed by atoms with E-state index >= 15 is 0 Å². The molecular formula is C26H33N3O4. The van der Waals surface area contributed by atoms with Crippen molar-refractivity contribution in [1.29, 1.82) is 0 Å². The highest BCUT2D eigenvalue weighted by Gasteiger charge is 2.29. The molecule has 0 spiro atoms. The number of hydrogen-bond acceptors (Lipinski definition) is 4. The molecule has 0 bridgehead atoms. The third kappa shape index (κ3) is 7.36. The number of carbonyl (C=O) groups is 2. The maximum Gasteiger partial charge on any atom is 0.408 e. The number of alkyl carbamates (subject to hydrolysis) is 1. The van der Waals surface area contributed by atoms with E-state index in [0.717, 1.165) is 22.0 Å². The van der Waals surface area contributed by atoms with Crippen LogP contribution in [0.2, 0.25) is 0 Å². The summed E-state index contributed by atoms with van der Waals surface area (Å²) in [4.78, 5) is 28.6. The summed E-state index contributed by atoms with van der Waals surface area (Å²) in [5.41, 5.74) is 2.50. The van der Waals surface area contributed by atoms with Crippen molar-refractivity contribution in [2.24, 2.45) is 0 Å². The van der Waals surface area contributed by atoms with Gasteiger partial charge in [0.25, 0.3) is 0 Å². The van der Waals surface area contributed by atoms with Gasteiger partial charge in [0, 0.05) is 23.6 Å². The van der Waals surface area contributed by atoms with Gasteiger partial charge >= 0.3 is 6.09 Å². The third-order valence-corrected chi connectivity index (χ3v) is 5.15. The van der Waals surface area contributed by atoms with Gasteiger partial charge < -0.3 is 25.1 Å². The van der Waals surface area contributed by atoms with E-state index in [4.69, 9.17) is 9.47 Å². The third-order valence-electron chi connectivity index (χ3n) is 5.15. The maximum absolute atomic E-state index is 13.0. The second-order valence-corrected chi connectivity index (χ2v) is 9.03. The lowest BCUT2D eigenvalue weighted by Crippen LogP contribution is -2.54. The monoisotopic (exact) mass is 451 g/mol. The zero-order chi connectivity index (χ0) is 23.8. The number of carbonyl (C=O) groups excluding carboxylic acids is 2. The number of benzene rings is 2. The molecule has 33 heavy (non-hydrogen) atoms. The fourth-order valence-corrected chi connectivity index (χ4v) is 3.50. The molecule has 0 unspecified atom stereocenters. The van der Waals surface area contributed by atoms with Crippen molar-refractivity contribution < 1.29 is 19.1 Å². The normalized spacial score (nSPS) is 13.3. The Morgan fingerprint density at radius 3 is 2.45 bits per heavy atom. The van der Waals surface area contributed by atoms with E-state index in [9.17, 15) is 9.59 Å². The van der Waals surface area contributed by atoms with Crippen LogP contribution in [0.1, 0.15) is 38.8 Å². The van der Waals surface area contributed by atoms with Crippen LogP contribution in [0, 0.1) is 0 Å². The van der Waals surface area contributed by atoms with E-state index < -0.39 is 23.8 Å². The minimum Gasteiger partial charge on any atom is -0.444 e. The topological polar surface area (TPSA) is 92.4 Å². The lowest BCUT2D eigenvalue weighted by atomic mass is 10.1. The highest BCUT2D eigenvalue weighted by atomic mass is 16.6. The summed E-state index contributed by atoms with van der Waals surface area (Å²) in [6.07, 6.45) is 1.40. The summed E-state index contributed by atoms with van der Waals surface area (Å²) in [5.74, 6) is -0.318. The molecular weight excluding hydrogens is 418 g/mol. The molecule has 1 heterocycles. The van der Waals surface area contributed by atoms with Gasteiger partial charge in [0.05, 0.1) is 12.7 Å². The van der Waals surface area contributed by atoms with Crippen molar-refractivity contribution in [1.82, 2.24) is 15.6 Å². The van der Waals surface area contributed by atoms with Gasteiger partial charge in [0.2, 0.25) is 5.91 Å². The Bertz CT molecular complexity index is 1060. The van der Waals surface area contributed by atoms with E-state index in [1.165, 1.54) is 0 Å². The number of para-hydroxylation sites is 1. The van der Waals surface area contributed by atoms with Crippen LogP contribution in [0.15, 0.2) is 60.8 Å². The van der Waals surface area contributed by atoms with Gasteiger partial charge in [-0.25, -0.2) is 4.79 Å². The van der Waals surface area contributed by atoms with E-state index in [1.807, 2.05) is 54.7 Å². The number of nitrogens with one attached hydrogen (secondary N) is 3. The van der Waals surface area contributed by atoms with Crippen LogP contribution >= 0.6 is 0 Å². The number of fused-ring (bicyclic) bond motifs is 1. The summed E-state index contributed by atoms with van der Waals surface area (Å²) < 4.78 is 11.3. The van der Waals surface area contributed by atoms with Gasteiger partial charge in [-0.3, -0.25) is 4.79 Å². The first-order valence-electron chi connectivity index (χ1n) is 11.2. The van der Waals surface area contributed by atoms with Crippen LogP contribution in [0.3, 0.4) is 0 Å². The van der Waals surface area contributed by atoms with Gasteiger partial charge in [0.1, 0.15) is 11.6 Å². The SMILES string of the molecule is C[C@H](OCc1ccccc1)[C@@H](NC(=O)OC(C)(C)C)C(=O)NCCc1c[nH]c2ccccc12. The molecule has 1 aromatic heterocycles. The molecule has 0 radical (unpaired) electrons. The Labute approximate surface area is 194 Å². The summed E-state index contributed by atoms with van der Waals surface area (Å²) in [6.45, 7) is 7.86. The van der Waals surface area contributed by atoms with Crippen LogP contribution in [-0.2, 0) is 27.3 Å². The zero-order valence-electron chi connectivity index (χ0n) is 19.7. The highest BCUT2D eigenvalue weighted by Crippen LogP contribution is 2.17. The number of H-pyrrole nitrogens is 1. The lowest BCUT2D eigenvalue weighted by Gasteiger charge is -2.27. The molecule has 3 aromatic rings. The van der Waals surface area contributed by atoms with Crippen LogP contribution < -0.4 is 10.6 Å². The molecule has 0 aliphatic rings. The van der Waals surface area contributed by atoms with Crippen LogP contribution in [-0.4, -0.2) is 41.3 Å². The lowest BCUT2D eigenvalue weighted by molar-refractivity contribution is -0.127. The van der Waals surface area contributed by atoms with Crippen LogP contribution in [0.25, 0.3) is 10.9 Å². The Morgan fingerprint density at radius 1 is 1.03 bits per heavy atom. The van der Waals surface area contributed by atoms with E-state index in [2.05, 4.69) is 21.7 Å². The summed E-state index contributed by atoms with van der Waals surface area (Å²) in [6, 6.07) is 16.8. The molecule has 0 saturated heterocycles. The van der Waals surface area contributed by atoms with Gasteiger partial charge in [0.15, 0.2) is 0 Å². The number of aromatic amines is 1. The zero-order valence-corrected chi connectivity index (χ0v) is 19.7. The first-order chi connectivity index (χ1) is 15.7. The molecule has 7 heteroatoms. The molecule has 0 saturated carbocycles. The number of hydrogen-bond donors (Lipinski definition) is 3. The van der Waals surface area contributed by atoms with Crippen LogP contribution in [0.4, 0.5) is 4.79 Å². The largest absolute Gasteiger partial charge is 0.444 e. The Morgan fingerprint density at radius 2 is 1.73 bits per heavy atom. The molecule has 2 atom stereocenters. The molecule has 0 aliphatic carbocycles. The van der Waals surface area contributed by atoms with Crippen molar-refractivity contribution in [3.8, 4) is 0 Å². The first kappa shape index (κ1) is 24.3. The van der Waals surface area contributed by atoms with Gasteiger partial charge in [-0.2, -0.15) is 0 Å². The van der Waals surface area contributed by atoms with E-state index in [1.54, 1.807) is 27.7 Å². The molecule has 2 amide bonds. The summed E-state index contributed by atoms with van der Waals surface area (Å²) in [7, 11) is 0. The predicted molar refractivity (Wildman–Crippen MR) is 129 cm³/mol. The first-order valence-corrected chi connectivity index (χ1v) is 11.2. The standard InChI is InChI=1S/C26H33N3O4/c1-18(32-17-19-10-6-5-7-11-19)23(29-25(31)33-26(2,3)4)24(30)27-15-14-20-16-28-22-13-9-8-12-21(20)22/h5-13,16,18,23,28H,14-15,17H2,1-4H3,(H,27,30)(H,29,31)/t18-,23+/m0/s1. The average molecular weight is 452 g/mol. The molecule has 2 aromatic carbocycles. The number of rotatable bonds is 9. The Balaban J connectivity index is 1.61. The van der Waals surface area contributed by atoms with Crippen molar-refractivity contribution in [2.75, 3.05) is 6.54 Å². The molecule has 176 valence electrons. The van der Waals surface area contributed by atoms with Crippen molar-refractivity contribution >= 4 is 22.9 Å². The highest BCUT2D eigenvalue weighted by molar-refractivity contribution is 5.86. The minimum atomic E-state index is -0.897. The van der Waals surface area contributed by atoms with E-state index in [-0.39, 0.29) is 5.91 Å². The average Bonchev–Trinajstić information content (AvgIpc) is 3.18. The number of ether oxygens (including phenoxy) is 2. The smallest absolute Gasteiger partial charge is 0.408 e. The Hall–Kier alpha value is -3.32. The quantitative estimate of drug-likeness (QED) is 0.452. The second kappa shape index (κ2) is 11.0. The van der Waals surface area contributed by atoms with Crippen molar-refractivity contribution in [3.63, 3.8) is 0 Å². The molecule has 0 aliphatic heterocycles. The molecule has 3 N–H and O–H groups in total. The Kier molecular flexibility index (Phi) is 8.11. The molecule has 7 nitrogen and oxygen atoms in total. The van der Waals surface area contributed by atoms with Gasteiger partial charge in [-0.15, -0.1) is 0 Å². The number of aromatic nitrogens is 1. The van der Waals surface area contributed by atoms with E-state index in [0.29, 0.717) is 19.6 Å². The maximum atomic E-state index is 13.0. The van der Waals surface area contributed by atoms with Gasteiger partial charge in [-0.05, 0) is 51.3 Å². The van der Waals surface area contributed by atoms with Crippen molar-refractivity contribution in [2.45, 2.75) is 58.5 Å². The predicted octanol–water partition coefficient (Wildman–Crippen LogP) is 4.33. The number of amides is 2. The summed E-state index contributed by atoms with van der Waals surface area (Å²) >= 11 is 0. The fraction of sp³-hybridized carbons (Fsp3) is 0.385. The van der Waals surface area contributed by atoms with Crippen molar-refractivity contribution in [3.05, 3.63) is 71.9 Å². The summed E-state index contributed by atoms with van der Waals surface area (Å²) in [5, 5.41) is 6.74. The molecule has 0 fully saturated rings. The second-order valence-electron chi connectivity index (χ2n) is 9.03. The molecule has 3 rings (SSSR count).